The summed E-state index contributed by atoms with van der Waals surface area (Å²) in [7, 11) is 0. The van der Waals surface area contributed by atoms with Gasteiger partial charge in [-0.15, -0.1) is 4.98 Å². The molecule has 1 aromatic heterocycles. The van der Waals surface area contributed by atoms with Crippen molar-refractivity contribution in [1.29, 1.82) is 0 Å². The van der Waals surface area contributed by atoms with E-state index in [1.807, 2.05) is 0 Å². The van der Waals surface area contributed by atoms with Crippen molar-refractivity contribution in [3.05, 3.63) is 94.7 Å². The van der Waals surface area contributed by atoms with Crippen molar-refractivity contribution in [2.45, 2.75) is 5.79 Å². The topological polar surface area (TPSA) is 187 Å². The lowest BCUT2D eigenvalue weighted by molar-refractivity contribution is -0.987. The maximum atomic E-state index is 11.4. The number of nitro groups is 3. The van der Waals surface area contributed by atoms with E-state index < -0.39 is 38.4 Å². The second-order valence-electron chi connectivity index (χ2n) is 5.74. The Kier molecular flexibility index (Phi) is 6.27. The van der Waals surface area contributed by atoms with Crippen LogP contribution in [0.1, 0.15) is 5.82 Å². The van der Waals surface area contributed by atoms with Gasteiger partial charge in [-0.1, -0.05) is 23.2 Å². The molecule has 0 bridgehead atoms. The highest BCUT2D eigenvalue weighted by atomic mass is 35.5. The first kappa shape index (κ1) is 22.5. The standard InChI is InChI=1S/C16H8Cl2N6O8/c17-9-1-5-11(6-2-9)31-14-19-13(16(22(25)26,23(27)28)24(29)30)20-15(21-14)32-12-7-3-10(18)4-8-12/h1-8H. The first-order valence-corrected chi connectivity index (χ1v) is 8.95. The normalized spacial score (nSPS) is 10.9. The highest BCUT2D eigenvalue weighted by Gasteiger charge is 2.76. The fourth-order valence-electron chi connectivity index (χ4n) is 2.24. The second-order valence-corrected chi connectivity index (χ2v) is 6.62. The number of benzene rings is 2. The molecule has 0 aliphatic rings. The molecular formula is C16H8Cl2N6O8. The lowest BCUT2D eigenvalue weighted by atomic mass is 10.3. The molecule has 0 unspecified atom stereocenters. The van der Waals surface area contributed by atoms with Crippen LogP contribution < -0.4 is 9.47 Å². The summed E-state index contributed by atoms with van der Waals surface area (Å²) in [5.74, 6) is -5.45. The maximum Gasteiger partial charge on any atom is 0.763 e. The molecule has 0 N–H and O–H groups in total. The number of nitrogens with zero attached hydrogens (tertiary/aromatic N) is 6. The number of ether oxygens (including phenoxy) is 2. The van der Waals surface area contributed by atoms with Gasteiger partial charge in [-0.05, 0) is 48.5 Å². The first-order valence-electron chi connectivity index (χ1n) is 8.20. The lowest BCUT2D eigenvalue weighted by Gasteiger charge is -2.11. The van der Waals surface area contributed by atoms with Crippen LogP contribution in [0, 0.1) is 30.3 Å². The molecule has 3 rings (SSSR count). The zero-order valence-corrected chi connectivity index (χ0v) is 16.8. The lowest BCUT2D eigenvalue weighted by Crippen LogP contribution is -2.51. The monoisotopic (exact) mass is 482 g/mol. The molecule has 0 amide bonds. The molecule has 14 nitrogen and oxygen atoms in total. The van der Waals surface area contributed by atoms with E-state index >= 15 is 0 Å². The van der Waals surface area contributed by atoms with E-state index in [2.05, 4.69) is 15.0 Å². The Morgan fingerprint density at radius 3 is 1.31 bits per heavy atom. The van der Waals surface area contributed by atoms with Gasteiger partial charge in [-0.2, -0.15) is 9.97 Å². The smallest absolute Gasteiger partial charge is 0.424 e. The number of aromatic nitrogens is 3. The summed E-state index contributed by atoms with van der Waals surface area (Å²) in [6, 6.07) is 9.71. The predicted molar refractivity (Wildman–Crippen MR) is 106 cm³/mol. The molecule has 0 aliphatic carbocycles. The molecule has 0 atom stereocenters. The Morgan fingerprint density at radius 2 is 1.00 bits per heavy atom. The maximum absolute atomic E-state index is 11.4. The number of hydrogen-bond donors (Lipinski definition) is 0. The van der Waals surface area contributed by atoms with Gasteiger partial charge in [0, 0.05) is 10.0 Å². The molecular weight excluding hydrogens is 475 g/mol. The summed E-state index contributed by atoms with van der Waals surface area (Å²) < 4.78 is 10.6. The summed E-state index contributed by atoms with van der Waals surface area (Å²) in [5.41, 5.74) is 0. The highest BCUT2D eigenvalue weighted by molar-refractivity contribution is 6.30. The summed E-state index contributed by atoms with van der Waals surface area (Å²) in [5, 5.41) is 35.0. The van der Waals surface area contributed by atoms with Crippen LogP contribution in [-0.2, 0) is 5.79 Å². The van der Waals surface area contributed by atoms with Gasteiger partial charge in [0.15, 0.2) is 14.8 Å². The first-order chi connectivity index (χ1) is 15.1. The Morgan fingerprint density at radius 1 is 0.656 bits per heavy atom. The van der Waals surface area contributed by atoms with Crippen molar-refractivity contribution in [2.75, 3.05) is 0 Å². The molecule has 0 saturated heterocycles. The van der Waals surface area contributed by atoms with E-state index in [1.54, 1.807) is 0 Å². The van der Waals surface area contributed by atoms with E-state index in [4.69, 9.17) is 32.7 Å². The fraction of sp³-hybridized carbons (Fsp3) is 0.0625. The fourth-order valence-corrected chi connectivity index (χ4v) is 2.49. The van der Waals surface area contributed by atoms with E-state index in [9.17, 15) is 30.3 Å². The molecule has 3 aromatic rings. The summed E-state index contributed by atoms with van der Waals surface area (Å²) in [6.07, 6.45) is 0. The molecule has 0 fully saturated rings. The van der Waals surface area contributed by atoms with Crippen LogP contribution >= 0.6 is 23.2 Å². The third-order valence-corrected chi connectivity index (χ3v) is 4.21. The van der Waals surface area contributed by atoms with Crippen molar-refractivity contribution in [3.63, 3.8) is 0 Å². The van der Waals surface area contributed by atoms with Gasteiger partial charge in [0.2, 0.25) is 0 Å². The van der Waals surface area contributed by atoms with Gasteiger partial charge in [-0.25, -0.2) is 0 Å². The Bertz CT molecular complexity index is 1090. The zero-order chi connectivity index (χ0) is 23.5. The van der Waals surface area contributed by atoms with Crippen LogP contribution in [0.2, 0.25) is 10.0 Å². The van der Waals surface area contributed by atoms with Crippen molar-refractivity contribution >= 4 is 23.2 Å². The third kappa shape index (κ3) is 4.45. The second kappa shape index (κ2) is 8.91. The number of rotatable bonds is 8. The Hall–Kier alpha value is -4.17. The van der Waals surface area contributed by atoms with Crippen LogP contribution in [0.3, 0.4) is 0 Å². The van der Waals surface area contributed by atoms with E-state index in [1.165, 1.54) is 48.5 Å². The summed E-state index contributed by atoms with van der Waals surface area (Å²) in [6.45, 7) is 0. The molecule has 2 aromatic carbocycles. The Labute approximate surface area is 186 Å². The molecule has 0 radical (unpaired) electrons. The van der Waals surface area contributed by atoms with Crippen LogP contribution in [-0.4, -0.2) is 29.7 Å². The van der Waals surface area contributed by atoms with E-state index in [-0.39, 0.29) is 11.5 Å². The van der Waals surface area contributed by atoms with Gasteiger partial charge < -0.3 is 9.47 Å². The van der Waals surface area contributed by atoms with Crippen LogP contribution in [0.15, 0.2) is 48.5 Å². The average molecular weight is 483 g/mol. The largest absolute Gasteiger partial charge is 0.763 e. The van der Waals surface area contributed by atoms with E-state index in [0.29, 0.717) is 10.0 Å². The van der Waals surface area contributed by atoms with Crippen LogP contribution in [0.4, 0.5) is 0 Å². The van der Waals surface area contributed by atoms with Crippen molar-refractivity contribution in [2.24, 2.45) is 0 Å². The SMILES string of the molecule is O=[N+]([O-])C(c1nc(Oc2ccc(Cl)cc2)nc(Oc2ccc(Cl)cc2)n1)([N+](=O)[O-])[N+](=O)[O-]. The predicted octanol–water partition coefficient (Wildman–Crippen LogP) is 3.70. The van der Waals surface area contributed by atoms with Crippen LogP contribution in [0.5, 0.6) is 23.5 Å². The average Bonchev–Trinajstić information content (AvgIpc) is 2.71. The minimum absolute atomic E-state index is 0.0675. The van der Waals surface area contributed by atoms with Crippen LogP contribution in [0.25, 0.3) is 0 Å². The minimum Gasteiger partial charge on any atom is -0.424 e. The number of hydrogen-bond acceptors (Lipinski definition) is 11. The molecule has 0 spiro atoms. The molecule has 1 heterocycles. The van der Waals surface area contributed by atoms with Gasteiger partial charge in [0.25, 0.3) is 0 Å². The zero-order valence-electron chi connectivity index (χ0n) is 15.3. The molecule has 164 valence electrons. The quantitative estimate of drug-likeness (QED) is 0.258. The van der Waals surface area contributed by atoms with Gasteiger partial charge >= 0.3 is 23.6 Å². The third-order valence-electron chi connectivity index (χ3n) is 3.70. The molecule has 0 saturated carbocycles. The van der Waals surface area contributed by atoms with Gasteiger partial charge in [-0.3, -0.25) is 30.3 Å². The minimum atomic E-state index is -4.14. The number of halogens is 2. The van der Waals surface area contributed by atoms with Crippen molar-refractivity contribution in [3.8, 4) is 23.5 Å². The van der Waals surface area contributed by atoms with Crippen molar-refractivity contribution in [1.82, 2.24) is 15.0 Å². The highest BCUT2D eigenvalue weighted by Crippen LogP contribution is 2.30. The summed E-state index contributed by atoms with van der Waals surface area (Å²) in [4.78, 5) is 39.7. The Balaban J connectivity index is 2.15. The summed E-state index contributed by atoms with van der Waals surface area (Å²) >= 11 is 11.6. The van der Waals surface area contributed by atoms with Crippen molar-refractivity contribution < 1.29 is 24.2 Å². The van der Waals surface area contributed by atoms with E-state index in [0.717, 1.165) is 0 Å². The van der Waals surface area contributed by atoms with Gasteiger partial charge in [0.05, 0.1) is 0 Å². The molecule has 16 heteroatoms. The van der Waals surface area contributed by atoms with Gasteiger partial charge in [0.1, 0.15) is 11.5 Å². The molecule has 0 aliphatic heterocycles. The molecule has 32 heavy (non-hydrogen) atoms.